The van der Waals surface area contributed by atoms with Crippen LogP contribution in [0.25, 0.3) is 0 Å². The Morgan fingerprint density at radius 2 is 1.93 bits per heavy atom. The van der Waals surface area contributed by atoms with Crippen LogP contribution in [-0.2, 0) is 10.0 Å². The van der Waals surface area contributed by atoms with Gasteiger partial charge in [0.05, 0.1) is 0 Å². The van der Waals surface area contributed by atoms with E-state index in [4.69, 9.17) is 0 Å². The molecule has 3 heterocycles. The van der Waals surface area contributed by atoms with Gasteiger partial charge in [-0.2, -0.15) is 4.31 Å². The van der Waals surface area contributed by atoms with Gasteiger partial charge in [0.1, 0.15) is 10.7 Å². The summed E-state index contributed by atoms with van der Waals surface area (Å²) < 4.78 is 27.1. The molecule has 0 bridgehead atoms. The lowest BCUT2D eigenvalue weighted by Gasteiger charge is -2.31. The van der Waals surface area contributed by atoms with Gasteiger partial charge in [-0.3, -0.25) is 4.90 Å². The zero-order chi connectivity index (χ0) is 19.4. The molecule has 8 heteroatoms. The molecule has 0 aromatic carbocycles. The number of likely N-dealkylation sites (tertiary alicyclic amines) is 1. The maximum Gasteiger partial charge on any atom is 0.244 e. The van der Waals surface area contributed by atoms with Crippen LogP contribution < -0.4 is 5.32 Å². The molecule has 0 aliphatic carbocycles. The van der Waals surface area contributed by atoms with E-state index in [9.17, 15) is 8.42 Å². The van der Waals surface area contributed by atoms with Crippen LogP contribution in [0.3, 0.4) is 0 Å². The van der Waals surface area contributed by atoms with Crippen molar-refractivity contribution < 1.29 is 8.42 Å². The van der Waals surface area contributed by atoms with Crippen molar-refractivity contribution in [2.75, 3.05) is 58.2 Å². The highest BCUT2D eigenvalue weighted by atomic mass is 32.2. The van der Waals surface area contributed by atoms with Crippen molar-refractivity contribution in [3.05, 3.63) is 18.3 Å². The molecule has 2 aliphatic heterocycles. The summed E-state index contributed by atoms with van der Waals surface area (Å²) in [7, 11) is -1.43. The molecule has 27 heavy (non-hydrogen) atoms. The van der Waals surface area contributed by atoms with E-state index in [2.05, 4.69) is 33.9 Å². The van der Waals surface area contributed by atoms with Crippen LogP contribution in [0.1, 0.15) is 26.7 Å². The topological polar surface area (TPSA) is 68.8 Å². The number of nitrogens with zero attached hydrogens (tertiary/aromatic N) is 4. The molecule has 0 amide bonds. The van der Waals surface area contributed by atoms with Crippen LogP contribution in [0.15, 0.2) is 23.2 Å². The first-order valence-electron chi connectivity index (χ1n) is 9.99. The Bertz CT molecular complexity index is 699. The Hall–Kier alpha value is -1.22. The number of likely N-dealkylation sites (N-methyl/N-ethyl adjacent to an activating group) is 1. The minimum absolute atomic E-state index is 0.278. The third kappa shape index (κ3) is 5.19. The molecule has 1 aromatic rings. The highest BCUT2D eigenvalue weighted by Crippen LogP contribution is 2.20. The van der Waals surface area contributed by atoms with Gasteiger partial charge in [-0.1, -0.05) is 13.8 Å². The average Bonchev–Trinajstić information content (AvgIpc) is 3.07. The second-order valence-corrected chi connectivity index (χ2v) is 10.1. The maximum absolute atomic E-state index is 12.8. The Morgan fingerprint density at radius 1 is 1.19 bits per heavy atom. The van der Waals surface area contributed by atoms with E-state index in [1.807, 2.05) is 7.05 Å². The standard InChI is InChI=1S/C19H33N5O2S/c1-16(2)15-23-8-4-5-17(23)13-20-19-7-6-18(14-21-19)27(25,26)24-11-9-22(3)10-12-24/h6-7,14,16-17H,4-5,8-13,15H2,1-3H3,(H,20,21)/t17-/m0/s1. The molecule has 0 saturated carbocycles. The number of piperazine rings is 1. The lowest BCUT2D eigenvalue weighted by Crippen LogP contribution is -2.47. The normalized spacial score (nSPS) is 23.2. The van der Waals surface area contributed by atoms with Crippen molar-refractivity contribution in [1.29, 1.82) is 0 Å². The highest BCUT2D eigenvalue weighted by molar-refractivity contribution is 7.89. The Kier molecular flexibility index (Phi) is 6.73. The first-order valence-corrected chi connectivity index (χ1v) is 11.4. The van der Waals surface area contributed by atoms with Gasteiger partial charge < -0.3 is 10.2 Å². The minimum atomic E-state index is -3.45. The van der Waals surface area contributed by atoms with Crippen LogP contribution in [0.5, 0.6) is 0 Å². The molecule has 3 rings (SSSR count). The molecule has 2 fully saturated rings. The molecule has 2 aliphatic rings. The Balaban J connectivity index is 1.57. The fourth-order valence-corrected chi connectivity index (χ4v) is 5.24. The van der Waals surface area contributed by atoms with E-state index in [0.717, 1.165) is 32.0 Å². The second kappa shape index (κ2) is 8.86. The number of anilines is 1. The lowest BCUT2D eigenvalue weighted by molar-refractivity contribution is 0.222. The van der Waals surface area contributed by atoms with Crippen LogP contribution in [0, 0.1) is 5.92 Å². The van der Waals surface area contributed by atoms with Crippen LogP contribution in [0.2, 0.25) is 0 Å². The summed E-state index contributed by atoms with van der Waals surface area (Å²) in [5.41, 5.74) is 0. The largest absolute Gasteiger partial charge is 0.369 e. The van der Waals surface area contributed by atoms with Crippen molar-refractivity contribution in [3.8, 4) is 0 Å². The molecule has 2 saturated heterocycles. The highest BCUT2D eigenvalue weighted by Gasteiger charge is 2.28. The van der Waals surface area contributed by atoms with E-state index in [1.54, 1.807) is 16.4 Å². The van der Waals surface area contributed by atoms with Crippen LogP contribution in [0.4, 0.5) is 5.82 Å². The zero-order valence-electron chi connectivity index (χ0n) is 16.8. The van der Waals surface area contributed by atoms with Crippen molar-refractivity contribution >= 4 is 15.8 Å². The zero-order valence-corrected chi connectivity index (χ0v) is 17.6. The van der Waals surface area contributed by atoms with Crippen LogP contribution in [-0.4, -0.2) is 86.4 Å². The number of rotatable bonds is 7. The van der Waals surface area contributed by atoms with Gasteiger partial charge in [-0.25, -0.2) is 13.4 Å². The molecule has 1 aromatic heterocycles. The third-order valence-electron chi connectivity index (χ3n) is 5.45. The van der Waals surface area contributed by atoms with E-state index in [-0.39, 0.29) is 4.90 Å². The molecule has 1 N–H and O–H groups in total. The van der Waals surface area contributed by atoms with E-state index < -0.39 is 10.0 Å². The van der Waals surface area contributed by atoms with Gasteiger partial charge in [-0.15, -0.1) is 0 Å². The van der Waals surface area contributed by atoms with E-state index >= 15 is 0 Å². The first kappa shape index (κ1) is 20.5. The van der Waals surface area contributed by atoms with Crippen molar-refractivity contribution in [2.45, 2.75) is 37.6 Å². The van der Waals surface area contributed by atoms with Gasteiger partial charge in [0.15, 0.2) is 0 Å². The molecule has 7 nitrogen and oxygen atoms in total. The molecule has 152 valence electrons. The summed E-state index contributed by atoms with van der Waals surface area (Å²) in [5.74, 6) is 1.41. The molecular weight excluding hydrogens is 362 g/mol. The number of hydrogen-bond acceptors (Lipinski definition) is 6. The number of hydrogen-bond donors (Lipinski definition) is 1. The molecular formula is C19H33N5O2S. The fraction of sp³-hybridized carbons (Fsp3) is 0.737. The summed E-state index contributed by atoms with van der Waals surface area (Å²) in [6.45, 7) is 10.2. The second-order valence-electron chi connectivity index (χ2n) is 8.15. The van der Waals surface area contributed by atoms with Gasteiger partial charge in [0.2, 0.25) is 10.0 Å². The predicted octanol–water partition coefficient (Wildman–Crippen LogP) is 1.55. The predicted molar refractivity (Wildman–Crippen MR) is 108 cm³/mol. The molecule has 0 unspecified atom stereocenters. The van der Waals surface area contributed by atoms with Crippen molar-refractivity contribution in [3.63, 3.8) is 0 Å². The first-order chi connectivity index (χ1) is 12.9. The monoisotopic (exact) mass is 395 g/mol. The average molecular weight is 396 g/mol. The smallest absolute Gasteiger partial charge is 0.244 e. The number of pyridine rings is 1. The Morgan fingerprint density at radius 3 is 2.56 bits per heavy atom. The van der Waals surface area contributed by atoms with Gasteiger partial charge in [0.25, 0.3) is 0 Å². The quantitative estimate of drug-likeness (QED) is 0.756. The van der Waals surface area contributed by atoms with E-state index in [1.165, 1.54) is 25.6 Å². The van der Waals surface area contributed by atoms with Gasteiger partial charge >= 0.3 is 0 Å². The van der Waals surface area contributed by atoms with Crippen molar-refractivity contribution in [2.24, 2.45) is 5.92 Å². The summed E-state index contributed by atoms with van der Waals surface area (Å²) in [5, 5.41) is 3.39. The fourth-order valence-electron chi connectivity index (χ4n) is 3.87. The molecule has 1 atom stereocenters. The number of sulfonamides is 1. The van der Waals surface area contributed by atoms with Crippen LogP contribution >= 0.6 is 0 Å². The summed E-state index contributed by atoms with van der Waals surface area (Å²) in [6.07, 6.45) is 3.93. The third-order valence-corrected chi connectivity index (χ3v) is 7.34. The van der Waals surface area contributed by atoms with Gasteiger partial charge in [0, 0.05) is 51.5 Å². The SMILES string of the molecule is CC(C)CN1CCC[C@H]1CNc1ccc(S(=O)(=O)N2CCN(C)CC2)cn1. The van der Waals surface area contributed by atoms with Gasteiger partial charge in [-0.05, 0) is 44.5 Å². The number of aromatic nitrogens is 1. The van der Waals surface area contributed by atoms with Crippen molar-refractivity contribution in [1.82, 2.24) is 19.1 Å². The summed E-state index contributed by atoms with van der Waals surface area (Å²) in [4.78, 5) is 9.32. The number of nitrogens with one attached hydrogen (secondary N) is 1. The molecule has 0 spiro atoms. The maximum atomic E-state index is 12.8. The van der Waals surface area contributed by atoms with E-state index in [0.29, 0.717) is 25.0 Å². The summed E-state index contributed by atoms with van der Waals surface area (Å²) in [6, 6.07) is 3.98. The lowest BCUT2D eigenvalue weighted by atomic mass is 10.1. The summed E-state index contributed by atoms with van der Waals surface area (Å²) >= 11 is 0. The molecule has 0 radical (unpaired) electrons. The minimum Gasteiger partial charge on any atom is -0.369 e. The Labute approximate surface area is 163 Å².